The summed E-state index contributed by atoms with van der Waals surface area (Å²) in [6.45, 7) is 9.78. The quantitative estimate of drug-likeness (QED) is 0.254. The topological polar surface area (TPSA) is 141 Å². The van der Waals surface area contributed by atoms with Crippen molar-refractivity contribution >= 4 is 28.9 Å². The summed E-state index contributed by atoms with van der Waals surface area (Å²) in [5, 5.41) is 17.4. The number of hydrogen-bond acceptors (Lipinski definition) is 8. The average Bonchev–Trinajstić information content (AvgIpc) is 3.15. The van der Waals surface area contributed by atoms with Gasteiger partial charge < -0.3 is 24.9 Å². The van der Waals surface area contributed by atoms with Crippen molar-refractivity contribution in [2.45, 2.75) is 19.9 Å². The zero-order valence-electron chi connectivity index (χ0n) is 18.6. The van der Waals surface area contributed by atoms with E-state index >= 15 is 0 Å². The van der Waals surface area contributed by atoms with Crippen LogP contribution >= 0.6 is 0 Å². The number of rotatable bonds is 6. The molecule has 0 bridgehead atoms. The van der Waals surface area contributed by atoms with Gasteiger partial charge in [-0.05, 0) is 25.0 Å². The van der Waals surface area contributed by atoms with E-state index in [0.29, 0.717) is 35.5 Å². The van der Waals surface area contributed by atoms with E-state index in [1.54, 1.807) is 0 Å². The van der Waals surface area contributed by atoms with Gasteiger partial charge in [0.25, 0.3) is 12.0 Å². The molecule has 3 rings (SSSR count). The maximum atomic E-state index is 12.0. The Bertz CT molecular complexity index is 1230. The molecule has 0 fully saturated rings. The van der Waals surface area contributed by atoms with Crippen molar-refractivity contribution in [1.29, 1.82) is 5.26 Å². The summed E-state index contributed by atoms with van der Waals surface area (Å²) in [5.74, 6) is -0.432. The van der Waals surface area contributed by atoms with Crippen LogP contribution in [0.5, 0.6) is 0 Å². The number of aliphatic hydroxyl groups excluding tert-OH is 1. The first-order chi connectivity index (χ1) is 15.9. The number of methoxy groups -OCH3 is 2. The third-order valence-electron chi connectivity index (χ3n) is 4.67. The van der Waals surface area contributed by atoms with Gasteiger partial charge in [0, 0.05) is 24.4 Å². The Balaban J connectivity index is 0.000000890. The third-order valence-corrected chi connectivity index (χ3v) is 4.67. The van der Waals surface area contributed by atoms with Crippen LogP contribution in [-0.4, -0.2) is 46.4 Å². The zero-order valence-corrected chi connectivity index (χ0v) is 18.6. The Labute approximate surface area is 191 Å². The van der Waals surface area contributed by atoms with Crippen molar-refractivity contribution in [1.82, 2.24) is 14.5 Å². The number of nitrogens with two attached hydrogens (primary N) is 1. The fourth-order valence-electron chi connectivity index (χ4n) is 3.20. The van der Waals surface area contributed by atoms with Crippen LogP contribution in [0, 0.1) is 25.0 Å². The molecular weight excluding hydrogens is 424 g/mol. The third kappa shape index (κ3) is 5.64. The molecule has 0 aliphatic rings. The first-order valence-electron chi connectivity index (χ1n) is 9.83. The summed E-state index contributed by atoms with van der Waals surface area (Å²) in [6, 6.07) is 7.82. The number of ether oxygens (including phenoxy) is 2. The minimum atomic E-state index is -0.729. The van der Waals surface area contributed by atoms with Gasteiger partial charge in [-0.25, -0.2) is 14.8 Å². The lowest BCUT2D eigenvalue weighted by atomic mass is 10.0. The van der Waals surface area contributed by atoms with E-state index in [4.69, 9.17) is 22.3 Å². The number of aryl methyl sites for hydroxylation is 2. The highest BCUT2D eigenvalue weighted by atomic mass is 16.5. The maximum Gasteiger partial charge on any atom is 0.336 e. The average molecular weight is 448 g/mol. The van der Waals surface area contributed by atoms with Gasteiger partial charge in [0.2, 0.25) is 0 Å². The molecule has 10 heteroatoms. The number of aromatic nitrogens is 3. The van der Waals surface area contributed by atoms with Crippen LogP contribution < -0.4 is 5.73 Å². The second-order valence-corrected chi connectivity index (χ2v) is 6.74. The Morgan fingerprint density at radius 2 is 2.00 bits per heavy atom. The van der Waals surface area contributed by atoms with E-state index in [1.807, 2.05) is 35.8 Å². The monoisotopic (exact) mass is 448 g/mol. The highest BCUT2D eigenvalue weighted by Gasteiger charge is 2.22. The molecule has 3 N–H and O–H groups in total. The number of nitrogens with zero attached hydrogens (tertiary/aromatic N) is 5. The summed E-state index contributed by atoms with van der Waals surface area (Å²) in [5.41, 5.74) is 9.86. The number of aliphatic hydroxyl groups is 1. The number of carbonyl (C=O) groups is 1. The van der Waals surface area contributed by atoms with Crippen LogP contribution in [0.4, 0.5) is 5.82 Å². The molecule has 3 aromatic rings. The molecule has 0 unspecified atom stereocenters. The van der Waals surface area contributed by atoms with Gasteiger partial charge >= 0.3 is 5.97 Å². The summed E-state index contributed by atoms with van der Waals surface area (Å²) < 4.78 is 10.4. The number of carbonyl (C=O) groups excluding carboxylic acids is 1. The lowest BCUT2D eigenvalue weighted by Gasteiger charge is -2.09. The summed E-state index contributed by atoms with van der Waals surface area (Å²) in [6.07, 6.45) is 4.75. The number of anilines is 1. The molecule has 0 saturated carbocycles. The molecule has 0 aliphatic carbocycles. The largest absolute Gasteiger partial charge is 0.474 e. The molecule has 0 radical (unpaired) electrons. The smallest absolute Gasteiger partial charge is 0.336 e. The fourth-order valence-corrected chi connectivity index (χ4v) is 3.20. The molecule has 0 amide bonds. The van der Waals surface area contributed by atoms with Crippen molar-refractivity contribution in [3.05, 3.63) is 59.0 Å². The SMILES string of the molecule is COC#N.[C-]#[N+]/C(=C\c1c(-c2ccc(C)cc2)c2c(N)ncnc2n1CCCO)C(=O)OC. The van der Waals surface area contributed by atoms with Crippen LogP contribution in [0.3, 0.4) is 0 Å². The maximum absolute atomic E-state index is 12.0. The molecule has 2 heterocycles. The predicted molar refractivity (Wildman–Crippen MR) is 123 cm³/mol. The molecule has 0 saturated heterocycles. The second-order valence-electron chi connectivity index (χ2n) is 6.74. The fraction of sp³-hybridized carbons (Fsp3) is 0.261. The van der Waals surface area contributed by atoms with Crippen molar-refractivity contribution in [3.63, 3.8) is 0 Å². The normalized spacial score (nSPS) is 10.5. The minimum Gasteiger partial charge on any atom is -0.474 e. The molecule has 33 heavy (non-hydrogen) atoms. The number of esters is 1. The van der Waals surface area contributed by atoms with Crippen LogP contribution in [0.2, 0.25) is 0 Å². The first kappa shape index (κ1) is 24.9. The van der Waals surface area contributed by atoms with Crippen LogP contribution in [0.1, 0.15) is 17.7 Å². The zero-order chi connectivity index (χ0) is 24.4. The van der Waals surface area contributed by atoms with Gasteiger partial charge in [-0.3, -0.25) is 4.79 Å². The Morgan fingerprint density at radius 1 is 1.33 bits per heavy atom. The molecular formula is C23H24N6O4. The van der Waals surface area contributed by atoms with E-state index in [9.17, 15) is 9.90 Å². The van der Waals surface area contributed by atoms with Gasteiger partial charge in [-0.2, -0.15) is 5.26 Å². The molecule has 0 aliphatic heterocycles. The molecule has 170 valence electrons. The van der Waals surface area contributed by atoms with E-state index in [-0.39, 0.29) is 12.3 Å². The first-order valence-corrected chi connectivity index (χ1v) is 9.83. The van der Waals surface area contributed by atoms with Gasteiger partial charge in [0.15, 0.2) is 0 Å². The minimum absolute atomic E-state index is 0.0179. The Morgan fingerprint density at radius 3 is 2.55 bits per heavy atom. The number of benzene rings is 1. The van der Waals surface area contributed by atoms with Crippen molar-refractivity contribution in [2.75, 3.05) is 26.6 Å². The number of nitriles is 1. The van der Waals surface area contributed by atoms with Crippen molar-refractivity contribution in [3.8, 4) is 17.4 Å². The Kier molecular flexibility index (Phi) is 8.92. The Hall–Kier alpha value is -4.41. The predicted octanol–water partition coefficient (Wildman–Crippen LogP) is 2.92. The number of fused-ring (bicyclic) bond motifs is 1. The molecule has 10 nitrogen and oxygen atoms in total. The van der Waals surface area contributed by atoms with Crippen LogP contribution in [-0.2, 0) is 20.8 Å². The summed E-state index contributed by atoms with van der Waals surface area (Å²) >= 11 is 0. The van der Waals surface area contributed by atoms with Crippen LogP contribution in [0.15, 0.2) is 36.3 Å². The molecule has 2 aromatic heterocycles. The van der Waals surface area contributed by atoms with Gasteiger partial charge in [-0.15, -0.1) is 0 Å². The van der Waals surface area contributed by atoms with Gasteiger partial charge in [0.05, 0.1) is 26.2 Å². The van der Waals surface area contributed by atoms with E-state index in [1.165, 1.54) is 32.9 Å². The van der Waals surface area contributed by atoms with E-state index in [0.717, 1.165) is 16.7 Å². The van der Waals surface area contributed by atoms with Crippen molar-refractivity contribution in [2.24, 2.45) is 0 Å². The molecule has 1 aromatic carbocycles. The molecule has 0 atom stereocenters. The van der Waals surface area contributed by atoms with Gasteiger partial charge in [0.1, 0.15) is 17.8 Å². The summed E-state index contributed by atoms with van der Waals surface area (Å²) in [7, 11) is 2.55. The van der Waals surface area contributed by atoms with E-state index < -0.39 is 5.97 Å². The lowest BCUT2D eigenvalue weighted by molar-refractivity contribution is -0.135. The second kappa shape index (κ2) is 11.8. The number of nitrogen functional groups attached to an aromatic ring is 1. The highest BCUT2D eigenvalue weighted by Crippen LogP contribution is 2.38. The van der Waals surface area contributed by atoms with Gasteiger partial charge in [-0.1, -0.05) is 29.8 Å². The number of hydrogen-bond donors (Lipinski definition) is 2. The van der Waals surface area contributed by atoms with E-state index in [2.05, 4.69) is 19.5 Å². The summed E-state index contributed by atoms with van der Waals surface area (Å²) in [4.78, 5) is 23.9. The standard InChI is InChI=1S/C21H21N5O3.C2H3NO/c1-13-5-7-14(8-6-13)17-16(11-15(23-2)21(28)29-3)26(9-4-10-27)20-18(17)19(22)24-12-25-20;1-4-2-3/h5-8,11-12,27H,4,9-10H2,1,3H3,(H2,22,24,25);1H3/b15-11-;. The highest BCUT2D eigenvalue weighted by molar-refractivity contribution is 6.06. The molecule has 0 spiro atoms. The van der Waals surface area contributed by atoms with Crippen LogP contribution in [0.25, 0.3) is 33.1 Å². The lowest BCUT2D eigenvalue weighted by Crippen LogP contribution is -2.06. The van der Waals surface area contributed by atoms with Crippen molar-refractivity contribution < 1.29 is 19.4 Å².